The summed E-state index contributed by atoms with van der Waals surface area (Å²) in [6.07, 6.45) is 3.38. The second-order valence-corrected chi connectivity index (χ2v) is 10.8. The first kappa shape index (κ1) is 22.1. The normalized spacial score (nSPS) is 19.7. The molecule has 8 heteroatoms. The second kappa shape index (κ2) is 7.53. The van der Waals surface area contributed by atoms with Crippen molar-refractivity contribution in [2.24, 2.45) is 5.41 Å². The molecular formula is C27H30N6O2. The van der Waals surface area contributed by atoms with E-state index < -0.39 is 5.60 Å². The maximum absolute atomic E-state index is 12.1. The highest BCUT2D eigenvalue weighted by Crippen LogP contribution is 2.48. The summed E-state index contributed by atoms with van der Waals surface area (Å²) in [4.78, 5) is 21.5. The Hall–Kier alpha value is -3.44. The van der Waals surface area contributed by atoms with Gasteiger partial charge in [0.15, 0.2) is 0 Å². The van der Waals surface area contributed by atoms with Gasteiger partial charge in [-0.15, -0.1) is 0 Å². The fourth-order valence-corrected chi connectivity index (χ4v) is 6.18. The molecule has 1 N–H and O–H groups in total. The van der Waals surface area contributed by atoms with Crippen molar-refractivity contribution in [1.29, 1.82) is 5.26 Å². The Morgan fingerprint density at radius 2 is 2.06 bits per heavy atom. The number of pyridine rings is 1. The van der Waals surface area contributed by atoms with Crippen LogP contribution in [-0.4, -0.2) is 52.2 Å². The molecule has 0 atom stereocenters. The smallest absolute Gasteiger partial charge is 0.222 e. The maximum Gasteiger partial charge on any atom is 0.222 e. The number of benzene rings is 1. The number of nitrogens with zero attached hydrogens (tertiary/aromatic N) is 5. The van der Waals surface area contributed by atoms with Crippen LogP contribution in [0.15, 0.2) is 18.3 Å². The number of hydrogen-bond acceptors (Lipinski definition) is 6. The van der Waals surface area contributed by atoms with Gasteiger partial charge < -0.3 is 14.5 Å². The molecule has 0 bridgehead atoms. The zero-order chi connectivity index (χ0) is 24.5. The van der Waals surface area contributed by atoms with Gasteiger partial charge in [-0.2, -0.15) is 10.4 Å². The fourth-order valence-electron chi connectivity index (χ4n) is 6.18. The van der Waals surface area contributed by atoms with Crippen molar-refractivity contribution in [3.63, 3.8) is 0 Å². The number of aryl methyl sites for hydroxylation is 1. The van der Waals surface area contributed by atoms with E-state index in [-0.39, 0.29) is 11.3 Å². The van der Waals surface area contributed by atoms with Crippen molar-refractivity contribution in [1.82, 2.24) is 20.1 Å². The molecule has 6 rings (SSSR count). The zero-order valence-corrected chi connectivity index (χ0v) is 20.7. The Kier molecular flexibility index (Phi) is 4.74. The van der Waals surface area contributed by atoms with E-state index in [1.54, 1.807) is 0 Å². The first-order valence-corrected chi connectivity index (χ1v) is 12.3. The highest BCUT2D eigenvalue weighted by atomic mass is 16.5. The van der Waals surface area contributed by atoms with Crippen LogP contribution in [0.3, 0.4) is 0 Å². The van der Waals surface area contributed by atoms with Crippen LogP contribution in [0.1, 0.15) is 56.0 Å². The van der Waals surface area contributed by atoms with Crippen LogP contribution in [0, 0.1) is 23.7 Å². The summed E-state index contributed by atoms with van der Waals surface area (Å²) < 4.78 is 6.19. The molecule has 1 amide bonds. The number of likely N-dealkylation sites (tertiary alicyclic amines) is 1. The molecule has 35 heavy (non-hydrogen) atoms. The number of nitriles is 1. The van der Waals surface area contributed by atoms with Crippen molar-refractivity contribution < 1.29 is 9.53 Å². The molecule has 2 saturated heterocycles. The number of carbonyl (C=O) groups excluding carboxylic acids is 1. The van der Waals surface area contributed by atoms with Crippen LogP contribution in [0.4, 0.5) is 5.82 Å². The fraction of sp³-hybridized carbons (Fsp3) is 0.481. The number of aromatic nitrogens is 3. The Balaban J connectivity index is 1.50. The molecule has 0 aliphatic carbocycles. The van der Waals surface area contributed by atoms with Gasteiger partial charge in [-0.3, -0.25) is 9.89 Å². The van der Waals surface area contributed by atoms with Crippen LogP contribution in [0.25, 0.3) is 22.0 Å². The van der Waals surface area contributed by atoms with E-state index in [0.717, 1.165) is 77.3 Å². The molecule has 3 aliphatic rings. The molecule has 2 fully saturated rings. The van der Waals surface area contributed by atoms with Gasteiger partial charge in [-0.1, -0.05) is 13.0 Å². The first-order chi connectivity index (χ1) is 16.8. The van der Waals surface area contributed by atoms with Crippen LogP contribution >= 0.6 is 0 Å². The van der Waals surface area contributed by atoms with Gasteiger partial charge in [0.2, 0.25) is 5.91 Å². The number of aromatic amines is 1. The molecule has 0 saturated carbocycles. The van der Waals surface area contributed by atoms with E-state index in [4.69, 9.17) is 9.72 Å². The molecule has 180 valence electrons. The third-order valence-electron chi connectivity index (χ3n) is 8.07. The van der Waals surface area contributed by atoms with Gasteiger partial charge in [0.05, 0.1) is 24.0 Å². The zero-order valence-electron chi connectivity index (χ0n) is 20.7. The number of hydrogen-bond donors (Lipinski definition) is 1. The van der Waals surface area contributed by atoms with Crippen molar-refractivity contribution in [3.8, 4) is 17.2 Å². The molecule has 1 spiro atoms. The number of nitrogens with one attached hydrogen (secondary N) is 1. The second-order valence-electron chi connectivity index (χ2n) is 10.8. The maximum atomic E-state index is 12.1. The minimum Gasteiger partial charge on any atom is -0.364 e. The number of anilines is 1. The van der Waals surface area contributed by atoms with Crippen molar-refractivity contribution in [2.45, 2.75) is 52.7 Å². The topological polar surface area (TPSA) is 98.1 Å². The quantitative estimate of drug-likeness (QED) is 0.621. The summed E-state index contributed by atoms with van der Waals surface area (Å²) in [5.41, 5.74) is 6.00. The van der Waals surface area contributed by atoms with Crippen LogP contribution in [0.5, 0.6) is 0 Å². The lowest BCUT2D eigenvalue weighted by atomic mass is 9.79. The van der Waals surface area contributed by atoms with Gasteiger partial charge >= 0.3 is 0 Å². The number of carbonyl (C=O) groups is 1. The molecule has 1 aromatic carbocycles. The summed E-state index contributed by atoms with van der Waals surface area (Å²) >= 11 is 0. The number of amides is 1. The molecule has 5 heterocycles. The van der Waals surface area contributed by atoms with E-state index in [9.17, 15) is 10.1 Å². The average molecular weight is 471 g/mol. The minimum atomic E-state index is -0.538. The molecule has 0 unspecified atom stereocenters. The van der Waals surface area contributed by atoms with Gasteiger partial charge in [0, 0.05) is 54.5 Å². The third kappa shape index (κ3) is 3.18. The van der Waals surface area contributed by atoms with E-state index in [2.05, 4.69) is 34.2 Å². The molecule has 8 nitrogen and oxygen atoms in total. The summed E-state index contributed by atoms with van der Waals surface area (Å²) in [5.74, 6) is 0.948. The number of H-pyrrole nitrogens is 1. The van der Waals surface area contributed by atoms with E-state index in [1.165, 1.54) is 0 Å². The van der Waals surface area contributed by atoms with Crippen molar-refractivity contribution in [2.75, 3.05) is 31.1 Å². The predicted molar refractivity (Wildman–Crippen MR) is 133 cm³/mol. The number of ether oxygens (including phenoxy) is 1. The monoisotopic (exact) mass is 470 g/mol. The largest absolute Gasteiger partial charge is 0.364 e. The summed E-state index contributed by atoms with van der Waals surface area (Å²) in [6.45, 7) is 11.7. The van der Waals surface area contributed by atoms with Crippen LogP contribution < -0.4 is 4.90 Å². The lowest BCUT2D eigenvalue weighted by Gasteiger charge is -2.48. The SMILES string of the molecule is CCC(=O)N1CC2(CCN(c3nc4c(c(-c5c(C)ccc6[nH]ncc56)c3C#N)COC4(C)C)C2)C1. The van der Waals surface area contributed by atoms with Crippen LogP contribution in [0.2, 0.25) is 0 Å². The van der Waals surface area contributed by atoms with Gasteiger partial charge in [0.25, 0.3) is 0 Å². The number of fused-ring (bicyclic) bond motifs is 2. The lowest BCUT2D eigenvalue weighted by Crippen LogP contribution is -2.59. The van der Waals surface area contributed by atoms with E-state index in [1.807, 2.05) is 37.9 Å². The highest BCUT2D eigenvalue weighted by molar-refractivity contribution is 5.99. The summed E-state index contributed by atoms with van der Waals surface area (Å²) in [5, 5.41) is 18.9. The standard InChI is InChI=1S/C27H30N6O2/c1-5-21(34)33-14-27(15-33)8-9-32(13-27)25-17(10-28)23(19-12-35-26(3,4)24(19)30-25)22-16(2)6-7-20-18(22)11-29-31-20/h6-7,11H,5,8-9,12-15H2,1-4H3,(H,29,31). The molecular weight excluding hydrogens is 440 g/mol. The van der Waals surface area contributed by atoms with Crippen LogP contribution in [-0.2, 0) is 21.7 Å². The van der Waals surface area contributed by atoms with E-state index in [0.29, 0.717) is 18.6 Å². The van der Waals surface area contributed by atoms with Crippen molar-refractivity contribution in [3.05, 3.63) is 40.7 Å². The minimum absolute atomic E-state index is 0.0882. The van der Waals surface area contributed by atoms with Gasteiger partial charge in [0.1, 0.15) is 23.1 Å². The van der Waals surface area contributed by atoms with Crippen molar-refractivity contribution >= 4 is 22.6 Å². The Morgan fingerprint density at radius 3 is 2.80 bits per heavy atom. The third-order valence-corrected chi connectivity index (χ3v) is 8.07. The average Bonchev–Trinajstić information content (AvgIpc) is 3.54. The Morgan fingerprint density at radius 1 is 1.26 bits per heavy atom. The molecule has 3 aliphatic heterocycles. The number of rotatable bonds is 3. The Bertz CT molecular complexity index is 1410. The Labute approximate surface area is 204 Å². The van der Waals surface area contributed by atoms with Gasteiger partial charge in [-0.25, -0.2) is 4.98 Å². The molecule has 0 radical (unpaired) electrons. The molecule has 2 aromatic heterocycles. The lowest BCUT2D eigenvalue weighted by molar-refractivity contribution is -0.141. The first-order valence-electron chi connectivity index (χ1n) is 12.3. The van der Waals surface area contributed by atoms with Gasteiger partial charge in [-0.05, 0) is 44.4 Å². The molecule has 3 aromatic rings. The summed E-state index contributed by atoms with van der Waals surface area (Å²) in [6, 6.07) is 6.63. The summed E-state index contributed by atoms with van der Waals surface area (Å²) in [7, 11) is 0. The highest BCUT2D eigenvalue weighted by Gasteiger charge is 2.50. The predicted octanol–water partition coefficient (Wildman–Crippen LogP) is 4.02. The van der Waals surface area contributed by atoms with E-state index >= 15 is 0 Å².